The Morgan fingerprint density at radius 1 is 0.465 bits per heavy atom. The molecule has 0 unspecified atom stereocenters. The number of halogens is 2. The van der Waals surface area contributed by atoms with Gasteiger partial charge in [0.15, 0.2) is 67.6 Å². The van der Waals surface area contributed by atoms with Crippen molar-refractivity contribution in [2.24, 2.45) is 0 Å². The summed E-state index contributed by atoms with van der Waals surface area (Å²) in [5, 5.41) is 19.9. The lowest BCUT2D eigenvalue weighted by molar-refractivity contribution is 0.329. The van der Waals surface area contributed by atoms with E-state index in [1.165, 1.54) is 10.8 Å². The van der Waals surface area contributed by atoms with Crippen LogP contribution < -0.4 is 38.3 Å². The van der Waals surface area contributed by atoms with Crippen molar-refractivity contribution in [2.45, 2.75) is 214 Å². The first-order valence-corrected chi connectivity index (χ1v) is 37.1. The maximum Gasteiger partial charge on any atom is 0.293 e. The van der Waals surface area contributed by atoms with Crippen LogP contribution in [0.15, 0.2) is 86.3 Å². The lowest BCUT2D eigenvalue weighted by Gasteiger charge is -2.08. The third-order valence-corrected chi connectivity index (χ3v) is 17.0. The molecule has 0 bridgehead atoms. The van der Waals surface area contributed by atoms with E-state index >= 15 is 0 Å². The first-order valence-electron chi connectivity index (χ1n) is 37.1. The van der Waals surface area contributed by atoms with Crippen LogP contribution in [0, 0.1) is 46.5 Å². The Morgan fingerprint density at radius 3 is 1.46 bits per heavy atom. The van der Waals surface area contributed by atoms with E-state index in [2.05, 4.69) is 154 Å². The van der Waals surface area contributed by atoms with Crippen LogP contribution in [0.5, 0.6) is 5.88 Å². The fourth-order valence-electron chi connectivity index (χ4n) is 11.4. The van der Waals surface area contributed by atoms with Gasteiger partial charge in [-0.2, -0.15) is 24.0 Å². The van der Waals surface area contributed by atoms with Gasteiger partial charge in [-0.3, -0.25) is 32.9 Å². The number of rotatable bonds is 11. The summed E-state index contributed by atoms with van der Waals surface area (Å²) in [6.07, 6.45) is 15.2. The fourth-order valence-corrected chi connectivity index (χ4v) is 11.4. The van der Waals surface area contributed by atoms with Gasteiger partial charge in [-0.15, -0.1) is 20.4 Å². The summed E-state index contributed by atoms with van der Waals surface area (Å²) < 4.78 is 46.6. The lowest BCUT2D eigenvalue weighted by Crippen LogP contribution is -2.11. The number of aromatic amines is 5. The molecule has 0 saturated heterocycles. The Morgan fingerprint density at radius 2 is 0.939 bits per heavy atom. The molecule has 0 atom stereocenters. The van der Waals surface area contributed by atoms with E-state index in [9.17, 15) is 32.8 Å². The number of nitrogens with one attached hydrogen (secondary N) is 5. The summed E-state index contributed by atoms with van der Waals surface area (Å²) in [6.45, 7) is 45.4. The Kier molecular flexibility index (Phi) is 27.1. The minimum Gasteiger partial charge on any atom is -0.476 e. The first kappa shape index (κ1) is 84.9. The van der Waals surface area contributed by atoms with Gasteiger partial charge in [-0.25, -0.2) is 59.2 Å². The molecular formula is C74H98F2N32O6. The minimum atomic E-state index is -0.677. The molecule has 604 valence electrons. The van der Waals surface area contributed by atoms with Gasteiger partial charge >= 0.3 is 0 Å². The van der Waals surface area contributed by atoms with Crippen LogP contribution in [0.4, 0.5) is 14.5 Å². The zero-order chi connectivity index (χ0) is 83.6. The highest BCUT2D eigenvalue weighted by atomic mass is 19.1. The molecule has 0 saturated carbocycles. The van der Waals surface area contributed by atoms with Gasteiger partial charge in [-0.05, 0) is 131 Å². The molecule has 16 rings (SSSR count). The number of ether oxygens (including phenoxy) is 1. The number of H-pyrrole nitrogens is 5. The number of nitrogens with two attached hydrogens (primary N) is 1. The predicted molar refractivity (Wildman–Crippen MR) is 429 cm³/mol. The number of nitrogens with zero attached hydrogens (tertiary/aromatic N) is 26. The normalized spacial score (nSPS) is 11.4. The van der Waals surface area contributed by atoms with E-state index in [0.29, 0.717) is 110 Å². The standard InChI is InChI=1S/C11H16N4O.C10H12FN3O.C10H14N4.C9H11FN4O.2C9H12N4O.C8H11N5.C8H10N4O/c1-5-16-11-9-10(13-8(4)14-11)15(6-12-9)7(2)3;1-5(2)14-4-7(11)8-9(14)12-6(3)13-10(8)15;1-4-9-11-5-8-10(13-9)14(6-12-8)7(2)3;1-4(2)14-7-6(13-9(14)10)8(15)12-5(3)11-7;2*1-5(2)13-4-10-7-8(13)11-6(3)12-9(7)14;1-5(2)7-11-12-8-6(9)3-4-10-13(7)8;1-5(2)6-10-11-7-8(13)9-3-4-12(6)7/h6-7H,5H2,1-4H3;4-5H,1-3H3,(H,12,13,15);5-7H,4H2,1-3H3;4H,1-3H3,(H,11,12,15);2*4-5H,1-3H3,(H,11,12,14);3-5H,9H2,1-2H3;3-5H,1-2H3,(H,9,13). The monoisotopic (exact) mass is 1570 g/mol. The number of nitrogen functional groups attached to an aromatic ring is 1. The second kappa shape index (κ2) is 36.4. The van der Waals surface area contributed by atoms with Crippen molar-refractivity contribution in [1.29, 1.82) is 0 Å². The quantitative estimate of drug-likeness (QED) is 0.0655. The summed E-state index contributed by atoms with van der Waals surface area (Å²) in [4.78, 5) is 124. The molecule has 16 aromatic rings. The Balaban J connectivity index is 0.000000149. The van der Waals surface area contributed by atoms with Crippen molar-refractivity contribution in [2.75, 3.05) is 12.3 Å². The topological polar surface area (TPSA) is 470 Å². The van der Waals surface area contributed by atoms with Crippen molar-refractivity contribution in [3.05, 3.63) is 173 Å². The average molecular weight is 1570 g/mol. The highest BCUT2D eigenvalue weighted by Crippen LogP contribution is 2.25. The molecule has 16 aromatic heterocycles. The number of imidazole rings is 5. The molecule has 7 N–H and O–H groups in total. The summed E-state index contributed by atoms with van der Waals surface area (Å²) in [5.41, 5.74) is 12.2. The van der Waals surface area contributed by atoms with Gasteiger partial charge in [0.2, 0.25) is 17.2 Å². The van der Waals surface area contributed by atoms with Gasteiger partial charge in [0, 0.05) is 73.1 Å². The van der Waals surface area contributed by atoms with Crippen molar-refractivity contribution in [3.8, 4) is 5.88 Å². The highest BCUT2D eigenvalue weighted by molar-refractivity contribution is 5.77. The average Bonchev–Trinajstić information content (AvgIpc) is 1.63. The van der Waals surface area contributed by atoms with Crippen LogP contribution in [0.2, 0.25) is 0 Å². The highest BCUT2D eigenvalue weighted by Gasteiger charge is 2.21. The third kappa shape index (κ3) is 19.1. The van der Waals surface area contributed by atoms with E-state index in [1.807, 2.05) is 117 Å². The predicted octanol–water partition coefficient (Wildman–Crippen LogP) is 10.4. The molecule has 0 aliphatic heterocycles. The van der Waals surface area contributed by atoms with E-state index in [4.69, 9.17) is 10.5 Å². The fraction of sp³-hybridized carbons (Fsp3) is 0.446. The number of aryl methyl sites for hydroxylation is 6. The number of anilines is 1. The second-order valence-corrected chi connectivity index (χ2v) is 28.6. The van der Waals surface area contributed by atoms with Crippen LogP contribution >= 0.6 is 0 Å². The summed E-state index contributed by atoms with van der Waals surface area (Å²) in [7, 11) is 0. The molecule has 0 aliphatic rings. The molecule has 0 aromatic carbocycles. The lowest BCUT2D eigenvalue weighted by atomic mass is 10.2. The van der Waals surface area contributed by atoms with Gasteiger partial charge in [0.1, 0.15) is 51.7 Å². The zero-order valence-electron chi connectivity index (χ0n) is 68.2. The molecule has 40 heteroatoms. The van der Waals surface area contributed by atoms with E-state index in [-0.39, 0.29) is 57.7 Å². The van der Waals surface area contributed by atoms with Gasteiger partial charge < -0.3 is 58.2 Å². The maximum atomic E-state index is 13.5. The molecule has 0 spiro atoms. The van der Waals surface area contributed by atoms with Crippen LogP contribution in [-0.4, -0.2) is 158 Å². The largest absolute Gasteiger partial charge is 0.476 e. The number of aromatic nitrogens is 31. The molecule has 0 fully saturated rings. The molecule has 38 nitrogen and oxygen atoms in total. The van der Waals surface area contributed by atoms with E-state index < -0.39 is 23.0 Å². The van der Waals surface area contributed by atoms with Crippen molar-refractivity contribution >= 4 is 83.8 Å². The molecule has 0 amide bonds. The number of hydrogen-bond acceptors (Lipinski definition) is 25. The van der Waals surface area contributed by atoms with Gasteiger partial charge in [-0.1, -0.05) is 34.6 Å². The van der Waals surface area contributed by atoms with Crippen LogP contribution in [-0.2, 0) is 6.42 Å². The Labute approximate surface area is 650 Å². The molecule has 114 heavy (non-hydrogen) atoms. The second-order valence-electron chi connectivity index (χ2n) is 28.6. The molecular weight excluding hydrogens is 1470 g/mol. The van der Waals surface area contributed by atoms with Crippen molar-refractivity contribution in [3.63, 3.8) is 0 Å². The third-order valence-electron chi connectivity index (χ3n) is 17.0. The smallest absolute Gasteiger partial charge is 0.293 e. The summed E-state index contributed by atoms with van der Waals surface area (Å²) >= 11 is 0. The number of fused-ring (bicyclic) bond motifs is 8. The Hall–Kier alpha value is -13.1. The number of hydrogen-bond donors (Lipinski definition) is 6. The SMILES string of the molecule is CC(C)c1nnc2c(=O)[nH]ccn12.CC(C)c1nnc2c(N)ccnn12.CCOc1nc(C)nc2c1ncn2C(C)C.CCc1ncc2ncn(C(C)C)c2n1.Cc1nc2c(c(F)cn2C(C)C)c(=O)[nH]1.Cc1nc2c(nc(F)n2C(C)C)c(=O)[nH]1.Cc1nc2c(ncn2C(C)C)c(=O)[nH]1.Cc1nc2c(ncn2C(C)C)c(=O)[nH]1. The minimum absolute atomic E-state index is 0.0364. The van der Waals surface area contributed by atoms with Gasteiger partial charge in [0.05, 0.1) is 50.0 Å². The Bertz CT molecular complexity index is 6220. The van der Waals surface area contributed by atoms with E-state index in [0.717, 1.165) is 46.2 Å². The van der Waals surface area contributed by atoms with Crippen molar-refractivity contribution < 1.29 is 13.5 Å². The molecule has 0 aliphatic carbocycles. The first-order chi connectivity index (χ1) is 53.9. The summed E-state index contributed by atoms with van der Waals surface area (Å²) in [5.74, 6) is 6.01. The van der Waals surface area contributed by atoms with Crippen LogP contribution in [0.25, 0.3) is 78.1 Å². The van der Waals surface area contributed by atoms with Crippen LogP contribution in [0.3, 0.4) is 0 Å². The zero-order valence-corrected chi connectivity index (χ0v) is 68.2. The van der Waals surface area contributed by atoms with Gasteiger partial charge in [0.25, 0.3) is 33.9 Å². The summed E-state index contributed by atoms with van der Waals surface area (Å²) in [6, 6.07) is 2.90. The van der Waals surface area contributed by atoms with Crippen molar-refractivity contribution in [1.82, 2.24) is 152 Å². The molecule has 0 radical (unpaired) electrons. The maximum absolute atomic E-state index is 13.5. The molecule has 16 heterocycles. The van der Waals surface area contributed by atoms with Crippen LogP contribution in [0.1, 0.15) is 219 Å². The van der Waals surface area contributed by atoms with E-state index in [1.54, 1.807) is 91.0 Å².